The molecule has 0 aromatic rings. The first kappa shape index (κ1) is 8.88. The third-order valence-electron chi connectivity index (χ3n) is 0.774. The standard InChI is InChI=1S/C6H14O3/c1-3-5-9-6(7)8-4-2/h6-7H,3-5H2,1-2H3. The summed E-state index contributed by atoms with van der Waals surface area (Å²) in [7, 11) is 0. The summed E-state index contributed by atoms with van der Waals surface area (Å²) in [5, 5.41) is 8.74. The SMILES string of the molecule is CCCOC(O)OCC. The van der Waals surface area contributed by atoms with Crippen LogP contribution in [-0.2, 0) is 9.47 Å². The third kappa shape index (κ3) is 5.76. The van der Waals surface area contributed by atoms with Crippen molar-refractivity contribution in [1.29, 1.82) is 0 Å². The summed E-state index contributed by atoms with van der Waals surface area (Å²) >= 11 is 0. The van der Waals surface area contributed by atoms with E-state index in [-0.39, 0.29) is 0 Å². The monoisotopic (exact) mass is 134 g/mol. The molecule has 0 saturated carbocycles. The summed E-state index contributed by atoms with van der Waals surface area (Å²) < 4.78 is 9.44. The minimum absolute atomic E-state index is 0.477. The second-order valence-corrected chi connectivity index (χ2v) is 1.63. The zero-order chi connectivity index (χ0) is 7.11. The minimum Gasteiger partial charge on any atom is -0.346 e. The van der Waals surface area contributed by atoms with Crippen molar-refractivity contribution in [1.82, 2.24) is 0 Å². The Morgan fingerprint density at radius 3 is 2.44 bits per heavy atom. The second-order valence-electron chi connectivity index (χ2n) is 1.63. The van der Waals surface area contributed by atoms with E-state index in [0.717, 1.165) is 6.42 Å². The quantitative estimate of drug-likeness (QED) is 0.563. The minimum atomic E-state index is -1.03. The van der Waals surface area contributed by atoms with E-state index in [1.165, 1.54) is 0 Å². The van der Waals surface area contributed by atoms with Gasteiger partial charge in [-0.25, -0.2) is 0 Å². The lowest BCUT2D eigenvalue weighted by atomic mass is 10.5. The Balaban J connectivity index is 2.95. The second kappa shape index (κ2) is 6.01. The Morgan fingerprint density at radius 1 is 1.33 bits per heavy atom. The molecular formula is C6H14O3. The van der Waals surface area contributed by atoms with Gasteiger partial charge in [0.25, 0.3) is 6.48 Å². The van der Waals surface area contributed by atoms with Crippen molar-refractivity contribution in [3.63, 3.8) is 0 Å². The van der Waals surface area contributed by atoms with Crippen LogP contribution in [0.5, 0.6) is 0 Å². The van der Waals surface area contributed by atoms with Gasteiger partial charge >= 0.3 is 0 Å². The Labute approximate surface area is 55.6 Å². The van der Waals surface area contributed by atoms with Gasteiger partial charge in [-0.3, -0.25) is 0 Å². The maximum absolute atomic E-state index is 8.74. The summed E-state index contributed by atoms with van der Waals surface area (Å²) in [6.07, 6.45) is 0.893. The lowest BCUT2D eigenvalue weighted by Gasteiger charge is -2.09. The Morgan fingerprint density at radius 2 is 2.00 bits per heavy atom. The molecule has 0 aliphatic rings. The average molecular weight is 134 g/mol. The van der Waals surface area contributed by atoms with Crippen LogP contribution in [0.2, 0.25) is 0 Å². The van der Waals surface area contributed by atoms with Crippen LogP contribution in [0.4, 0.5) is 0 Å². The van der Waals surface area contributed by atoms with Crippen LogP contribution in [0.1, 0.15) is 20.3 Å². The molecule has 1 N–H and O–H groups in total. The van der Waals surface area contributed by atoms with Crippen molar-refractivity contribution < 1.29 is 14.6 Å². The van der Waals surface area contributed by atoms with Crippen molar-refractivity contribution in [2.24, 2.45) is 0 Å². The predicted molar refractivity (Wildman–Crippen MR) is 33.9 cm³/mol. The van der Waals surface area contributed by atoms with Gasteiger partial charge in [-0.05, 0) is 13.3 Å². The average Bonchev–Trinajstić information content (AvgIpc) is 1.85. The maximum atomic E-state index is 8.74. The summed E-state index contributed by atoms with van der Waals surface area (Å²) in [4.78, 5) is 0. The van der Waals surface area contributed by atoms with E-state index in [1.54, 1.807) is 6.92 Å². The van der Waals surface area contributed by atoms with Crippen LogP contribution in [0.3, 0.4) is 0 Å². The number of rotatable bonds is 5. The van der Waals surface area contributed by atoms with Gasteiger partial charge in [-0.2, -0.15) is 0 Å². The number of hydrogen-bond donors (Lipinski definition) is 1. The molecule has 0 aromatic heterocycles. The molecule has 0 spiro atoms. The molecule has 0 saturated heterocycles. The van der Waals surface area contributed by atoms with E-state index in [1.807, 2.05) is 6.92 Å². The zero-order valence-corrected chi connectivity index (χ0v) is 5.96. The van der Waals surface area contributed by atoms with Crippen molar-refractivity contribution in [3.8, 4) is 0 Å². The number of hydrogen-bond acceptors (Lipinski definition) is 3. The lowest BCUT2D eigenvalue weighted by molar-refractivity contribution is -0.260. The van der Waals surface area contributed by atoms with Crippen molar-refractivity contribution in [2.75, 3.05) is 13.2 Å². The largest absolute Gasteiger partial charge is 0.346 e. The van der Waals surface area contributed by atoms with E-state index < -0.39 is 6.48 Å². The number of aliphatic hydroxyl groups excluding tert-OH is 1. The molecule has 0 aromatic carbocycles. The van der Waals surface area contributed by atoms with Crippen LogP contribution >= 0.6 is 0 Å². The summed E-state index contributed by atoms with van der Waals surface area (Å²) in [6.45, 7) is 3.76. The highest BCUT2D eigenvalue weighted by Gasteiger charge is 1.98. The number of aliphatic hydroxyl groups is 1. The fraction of sp³-hybridized carbons (Fsp3) is 1.00. The molecule has 0 radical (unpaired) electrons. The van der Waals surface area contributed by atoms with Crippen molar-refractivity contribution >= 4 is 0 Å². The molecule has 1 atom stereocenters. The number of ether oxygens (including phenoxy) is 2. The molecule has 1 unspecified atom stereocenters. The summed E-state index contributed by atoms with van der Waals surface area (Å²) in [6, 6.07) is 0. The Kier molecular flexibility index (Phi) is 5.93. The molecule has 0 rings (SSSR count). The van der Waals surface area contributed by atoms with E-state index in [9.17, 15) is 0 Å². The highest BCUT2D eigenvalue weighted by atomic mass is 16.8. The molecule has 0 amide bonds. The van der Waals surface area contributed by atoms with Gasteiger partial charge in [-0.1, -0.05) is 6.92 Å². The highest BCUT2D eigenvalue weighted by molar-refractivity contribution is 4.23. The smallest absolute Gasteiger partial charge is 0.269 e. The van der Waals surface area contributed by atoms with E-state index in [2.05, 4.69) is 4.74 Å². The van der Waals surface area contributed by atoms with Crippen LogP contribution in [-0.4, -0.2) is 24.8 Å². The molecular weight excluding hydrogens is 120 g/mol. The molecule has 3 heteroatoms. The van der Waals surface area contributed by atoms with Gasteiger partial charge in [0.1, 0.15) is 0 Å². The van der Waals surface area contributed by atoms with Gasteiger partial charge < -0.3 is 14.6 Å². The third-order valence-corrected chi connectivity index (χ3v) is 0.774. The lowest BCUT2D eigenvalue weighted by Crippen LogP contribution is -2.16. The van der Waals surface area contributed by atoms with Gasteiger partial charge in [-0.15, -0.1) is 0 Å². The molecule has 56 valence electrons. The molecule has 0 fully saturated rings. The van der Waals surface area contributed by atoms with Crippen molar-refractivity contribution in [2.45, 2.75) is 26.7 Å². The maximum Gasteiger partial charge on any atom is 0.269 e. The van der Waals surface area contributed by atoms with E-state index >= 15 is 0 Å². The van der Waals surface area contributed by atoms with Gasteiger partial charge in [0.05, 0.1) is 6.61 Å². The molecule has 3 nitrogen and oxygen atoms in total. The van der Waals surface area contributed by atoms with E-state index in [0.29, 0.717) is 13.2 Å². The molecule has 0 aliphatic carbocycles. The molecule has 0 aliphatic heterocycles. The first-order chi connectivity index (χ1) is 4.31. The fourth-order valence-electron chi connectivity index (χ4n) is 0.409. The van der Waals surface area contributed by atoms with Crippen LogP contribution in [0.15, 0.2) is 0 Å². The van der Waals surface area contributed by atoms with Gasteiger partial charge in [0.2, 0.25) is 0 Å². The topological polar surface area (TPSA) is 38.7 Å². The Bertz CT molecular complexity index is 56.3. The highest BCUT2D eigenvalue weighted by Crippen LogP contribution is 1.89. The van der Waals surface area contributed by atoms with Crippen molar-refractivity contribution in [3.05, 3.63) is 0 Å². The zero-order valence-electron chi connectivity index (χ0n) is 5.96. The van der Waals surface area contributed by atoms with Gasteiger partial charge in [0.15, 0.2) is 0 Å². The normalized spacial score (nSPS) is 13.7. The molecule has 0 bridgehead atoms. The first-order valence-electron chi connectivity index (χ1n) is 3.22. The van der Waals surface area contributed by atoms with Crippen LogP contribution in [0.25, 0.3) is 0 Å². The summed E-state index contributed by atoms with van der Waals surface area (Å²) in [5.41, 5.74) is 0. The fourth-order valence-corrected chi connectivity index (χ4v) is 0.409. The molecule has 0 heterocycles. The first-order valence-corrected chi connectivity index (χ1v) is 3.22. The van der Waals surface area contributed by atoms with Crippen LogP contribution < -0.4 is 0 Å². The Hall–Kier alpha value is -0.120. The van der Waals surface area contributed by atoms with Gasteiger partial charge in [0, 0.05) is 6.61 Å². The summed E-state index contributed by atoms with van der Waals surface area (Å²) in [5.74, 6) is 0. The van der Waals surface area contributed by atoms with Crippen LogP contribution in [0, 0.1) is 0 Å². The molecule has 9 heavy (non-hydrogen) atoms. The predicted octanol–water partition coefficient (Wildman–Crippen LogP) is 0.725. The van der Waals surface area contributed by atoms with E-state index in [4.69, 9.17) is 9.84 Å².